The van der Waals surface area contributed by atoms with Gasteiger partial charge in [0.05, 0.1) is 5.92 Å². The van der Waals surface area contributed by atoms with Crippen molar-refractivity contribution in [1.82, 2.24) is 0 Å². The van der Waals surface area contributed by atoms with E-state index in [9.17, 15) is 14.7 Å². The molecule has 4 atom stereocenters. The number of ether oxygens (including phenoxy) is 1. The van der Waals surface area contributed by atoms with Crippen molar-refractivity contribution < 1.29 is 19.4 Å². The maximum Gasteiger partial charge on any atom is 0.302 e. The van der Waals surface area contributed by atoms with Gasteiger partial charge in [-0.15, -0.1) is 5.54 Å². The van der Waals surface area contributed by atoms with Crippen LogP contribution in [-0.2, 0) is 14.3 Å². The van der Waals surface area contributed by atoms with E-state index in [1.54, 1.807) is 0 Å². The Morgan fingerprint density at radius 3 is 2.47 bits per heavy atom. The fourth-order valence-corrected chi connectivity index (χ4v) is 2.96. The van der Waals surface area contributed by atoms with E-state index in [1.807, 2.05) is 6.92 Å². The molecule has 1 saturated carbocycles. The van der Waals surface area contributed by atoms with Crippen LogP contribution in [0.4, 0.5) is 0 Å². The van der Waals surface area contributed by atoms with Gasteiger partial charge in [0.15, 0.2) is 0 Å². The van der Waals surface area contributed by atoms with Crippen molar-refractivity contribution in [2.24, 2.45) is 11.8 Å². The van der Waals surface area contributed by atoms with Gasteiger partial charge >= 0.3 is 5.97 Å². The van der Waals surface area contributed by atoms with Gasteiger partial charge < -0.3 is 14.6 Å². The predicted octanol–water partition coefficient (Wildman–Crippen LogP) is 1.38. The molecule has 0 bridgehead atoms. The monoisotopic (exact) mass is 282 g/mol. The van der Waals surface area contributed by atoms with Gasteiger partial charge in [-0.1, -0.05) is 32.5 Å². The predicted molar refractivity (Wildman–Crippen MR) is 75.0 cm³/mol. The van der Waals surface area contributed by atoms with Crippen LogP contribution >= 0.6 is 0 Å². The van der Waals surface area contributed by atoms with E-state index in [0.29, 0.717) is 12.7 Å². The first-order chi connectivity index (χ1) is 8.59. The molecule has 106 valence electrons. The number of carbonyl (C=O) groups excluding carboxylic acids is 2. The zero-order valence-electron chi connectivity index (χ0n) is 12.2. The number of aliphatic hydroxyl groups is 1. The highest BCUT2D eigenvalue weighted by Crippen LogP contribution is 2.40. The summed E-state index contributed by atoms with van der Waals surface area (Å²) in [5, 5.41) is 10.6. The molecule has 0 aliphatic heterocycles. The van der Waals surface area contributed by atoms with Crippen molar-refractivity contribution in [2.45, 2.75) is 51.6 Å². The van der Waals surface area contributed by atoms with E-state index in [2.05, 4.69) is 31.1 Å². The highest BCUT2D eigenvalue weighted by molar-refractivity contribution is 6.83. The molecule has 0 aromatic carbocycles. The van der Waals surface area contributed by atoms with Crippen molar-refractivity contribution in [3.8, 4) is 11.5 Å². The fourth-order valence-electron chi connectivity index (χ4n) is 2.37. The molecule has 1 rings (SSSR count). The van der Waals surface area contributed by atoms with Crippen LogP contribution in [0.5, 0.6) is 0 Å². The summed E-state index contributed by atoms with van der Waals surface area (Å²) in [6.07, 6.45) is 0.429. The van der Waals surface area contributed by atoms with E-state index in [1.165, 1.54) is 6.92 Å². The molecule has 1 aliphatic carbocycles. The smallest absolute Gasteiger partial charge is 0.302 e. The molecule has 5 heteroatoms. The second kappa shape index (κ2) is 5.47. The Morgan fingerprint density at radius 2 is 2.05 bits per heavy atom. The van der Waals surface area contributed by atoms with Gasteiger partial charge in [-0.05, 0) is 12.3 Å². The molecule has 0 unspecified atom stereocenters. The van der Waals surface area contributed by atoms with Gasteiger partial charge in [0.1, 0.15) is 26.1 Å². The van der Waals surface area contributed by atoms with E-state index in [-0.39, 0.29) is 5.92 Å². The molecule has 4 nitrogen and oxygen atoms in total. The van der Waals surface area contributed by atoms with Gasteiger partial charge in [-0.25, -0.2) is 0 Å². The van der Waals surface area contributed by atoms with E-state index in [4.69, 9.17) is 4.74 Å². The summed E-state index contributed by atoms with van der Waals surface area (Å²) >= 11 is 0. The van der Waals surface area contributed by atoms with Crippen LogP contribution in [0, 0.1) is 23.3 Å². The number of aldehydes is 1. The number of esters is 1. The van der Waals surface area contributed by atoms with Gasteiger partial charge in [-0.3, -0.25) is 4.79 Å². The third kappa shape index (κ3) is 3.92. The molecule has 0 aromatic rings. The molecule has 1 fully saturated rings. The summed E-state index contributed by atoms with van der Waals surface area (Å²) in [7, 11) is -1.63. The Labute approximate surface area is 115 Å². The fraction of sp³-hybridized carbons (Fsp3) is 0.714. The van der Waals surface area contributed by atoms with Gasteiger partial charge in [0, 0.05) is 6.92 Å². The Kier molecular flexibility index (Phi) is 4.59. The quantitative estimate of drug-likeness (QED) is 0.360. The third-order valence-electron chi connectivity index (χ3n) is 3.20. The molecular weight excluding hydrogens is 260 g/mol. The lowest BCUT2D eigenvalue weighted by Crippen LogP contribution is -2.39. The Morgan fingerprint density at radius 1 is 1.47 bits per heavy atom. The topological polar surface area (TPSA) is 63.6 Å². The van der Waals surface area contributed by atoms with Gasteiger partial charge in [-0.2, -0.15) is 0 Å². The molecular formula is C14H22O4Si. The first kappa shape index (κ1) is 15.9. The Bertz CT molecular complexity index is 429. The average Bonchev–Trinajstić information content (AvgIpc) is 2.47. The van der Waals surface area contributed by atoms with Crippen molar-refractivity contribution in [3.05, 3.63) is 0 Å². The standard InChI is InChI=1S/C14H22O4Si/c1-10-8-14(17,6-7-19(3,4)5)12(9-15)13(10)18-11(2)16/h9-10,12-13,17H,8H2,1-5H3/t10-,12-,13-,14+/m0/s1. The lowest BCUT2D eigenvalue weighted by Gasteiger charge is -2.24. The van der Waals surface area contributed by atoms with Crippen molar-refractivity contribution in [2.75, 3.05) is 0 Å². The molecule has 0 heterocycles. The maximum atomic E-state index is 11.3. The first-order valence-electron chi connectivity index (χ1n) is 6.48. The van der Waals surface area contributed by atoms with Crippen LogP contribution in [-0.4, -0.2) is 37.1 Å². The van der Waals surface area contributed by atoms with Crippen LogP contribution in [0.2, 0.25) is 19.6 Å². The number of hydrogen-bond acceptors (Lipinski definition) is 4. The lowest BCUT2D eigenvalue weighted by atomic mass is 9.92. The highest BCUT2D eigenvalue weighted by atomic mass is 28.3. The van der Waals surface area contributed by atoms with Gasteiger partial charge in [0.25, 0.3) is 0 Å². The normalized spacial score (nSPS) is 34.3. The molecule has 0 saturated heterocycles. The minimum atomic E-state index is -1.63. The van der Waals surface area contributed by atoms with E-state index >= 15 is 0 Å². The molecule has 0 spiro atoms. The summed E-state index contributed by atoms with van der Waals surface area (Å²) in [4.78, 5) is 22.4. The van der Waals surface area contributed by atoms with Crippen LogP contribution in [0.1, 0.15) is 20.3 Å². The lowest BCUT2D eigenvalue weighted by molar-refractivity contribution is -0.152. The van der Waals surface area contributed by atoms with Gasteiger partial charge in [0.2, 0.25) is 0 Å². The van der Waals surface area contributed by atoms with E-state index < -0.39 is 31.7 Å². The molecule has 0 amide bonds. The molecule has 19 heavy (non-hydrogen) atoms. The first-order valence-corrected chi connectivity index (χ1v) is 9.98. The van der Waals surface area contributed by atoms with Crippen LogP contribution < -0.4 is 0 Å². The molecule has 0 aromatic heterocycles. The third-order valence-corrected chi connectivity index (χ3v) is 4.08. The molecule has 1 N–H and O–H groups in total. The SMILES string of the molecule is CC(=O)O[C@H]1[C@@H](C)C[C@](O)(C#C[Si](C)(C)C)[C@H]1C=O. The largest absolute Gasteiger partial charge is 0.461 e. The Hall–Kier alpha value is -1.12. The van der Waals surface area contributed by atoms with Crippen molar-refractivity contribution >= 4 is 20.3 Å². The second-order valence-corrected chi connectivity index (χ2v) is 11.1. The van der Waals surface area contributed by atoms with E-state index in [0.717, 1.165) is 0 Å². The van der Waals surface area contributed by atoms with Crippen LogP contribution in [0.3, 0.4) is 0 Å². The maximum absolute atomic E-state index is 11.3. The minimum Gasteiger partial charge on any atom is -0.461 e. The minimum absolute atomic E-state index is 0.0833. The van der Waals surface area contributed by atoms with Crippen molar-refractivity contribution in [1.29, 1.82) is 0 Å². The summed E-state index contributed by atoms with van der Waals surface area (Å²) < 4.78 is 5.17. The second-order valence-electron chi connectivity index (χ2n) is 6.34. The zero-order valence-corrected chi connectivity index (χ0v) is 13.2. The highest BCUT2D eigenvalue weighted by Gasteiger charge is 2.52. The van der Waals surface area contributed by atoms with Crippen LogP contribution in [0.25, 0.3) is 0 Å². The summed E-state index contributed by atoms with van der Waals surface area (Å²) in [5.41, 5.74) is 1.73. The van der Waals surface area contributed by atoms with Crippen molar-refractivity contribution in [3.63, 3.8) is 0 Å². The number of hydrogen-bond donors (Lipinski definition) is 1. The Balaban J connectivity index is 3.05. The zero-order chi connectivity index (χ0) is 14.8. The molecule has 1 aliphatic rings. The summed E-state index contributed by atoms with van der Waals surface area (Å²) in [6.45, 7) is 9.38. The number of carbonyl (C=O) groups is 2. The average molecular weight is 282 g/mol. The van der Waals surface area contributed by atoms with Crippen LogP contribution in [0.15, 0.2) is 0 Å². The number of rotatable bonds is 2. The summed E-state index contributed by atoms with van der Waals surface area (Å²) in [5.74, 6) is 1.59. The summed E-state index contributed by atoms with van der Waals surface area (Å²) in [6, 6.07) is 0. The molecule has 0 radical (unpaired) electrons.